The predicted molar refractivity (Wildman–Crippen MR) is 117 cm³/mol. The van der Waals surface area contributed by atoms with Crippen molar-refractivity contribution in [1.29, 1.82) is 0 Å². The van der Waals surface area contributed by atoms with Crippen molar-refractivity contribution in [3.63, 3.8) is 0 Å². The van der Waals surface area contributed by atoms with Gasteiger partial charge in [-0.15, -0.1) is 0 Å². The van der Waals surface area contributed by atoms with Crippen LogP contribution in [0.5, 0.6) is 5.75 Å². The van der Waals surface area contributed by atoms with Gasteiger partial charge in [0.25, 0.3) is 5.69 Å². The van der Waals surface area contributed by atoms with Gasteiger partial charge >= 0.3 is 5.97 Å². The number of carbonyl (C=O) groups is 1. The molecule has 0 amide bonds. The number of para-hydroxylation sites is 1. The van der Waals surface area contributed by atoms with Crippen LogP contribution in [0.3, 0.4) is 0 Å². The largest absolute Gasteiger partial charge is 0.468 e. The van der Waals surface area contributed by atoms with E-state index >= 15 is 0 Å². The summed E-state index contributed by atoms with van der Waals surface area (Å²) in [7, 11) is 3.30. The Bertz CT molecular complexity index is 1090. The standard InChI is InChI=1S/C23H25N3O5/c1-22(2)18-7-5-6-8-19(18)25(3)23(22)10-9-15-11-17(26(28)29)12-16(21(15)31-23)13-24-14-20(27)30-4/h5-12,24H,13-14H2,1-4H3. The van der Waals surface area contributed by atoms with Crippen LogP contribution in [0.25, 0.3) is 6.08 Å². The van der Waals surface area contributed by atoms with Gasteiger partial charge < -0.3 is 19.7 Å². The van der Waals surface area contributed by atoms with Crippen molar-refractivity contribution >= 4 is 23.4 Å². The predicted octanol–water partition coefficient (Wildman–Crippen LogP) is 3.39. The van der Waals surface area contributed by atoms with Crippen LogP contribution in [0.15, 0.2) is 42.5 Å². The van der Waals surface area contributed by atoms with E-state index in [-0.39, 0.29) is 24.2 Å². The molecule has 0 saturated heterocycles. The zero-order valence-corrected chi connectivity index (χ0v) is 18.0. The minimum atomic E-state index is -0.795. The number of nitro groups is 1. The summed E-state index contributed by atoms with van der Waals surface area (Å²) in [5.74, 6) is 0.155. The maximum atomic E-state index is 11.5. The molecule has 8 nitrogen and oxygen atoms in total. The molecule has 0 radical (unpaired) electrons. The van der Waals surface area contributed by atoms with E-state index in [1.165, 1.54) is 19.2 Å². The lowest BCUT2D eigenvalue weighted by Crippen LogP contribution is -2.58. The number of methoxy groups -OCH3 is 1. The van der Waals surface area contributed by atoms with E-state index in [1.54, 1.807) is 0 Å². The molecule has 2 aromatic rings. The molecule has 8 heteroatoms. The number of esters is 1. The van der Waals surface area contributed by atoms with Crippen molar-refractivity contribution in [2.24, 2.45) is 0 Å². The molecule has 0 bridgehead atoms. The molecule has 1 spiro atoms. The van der Waals surface area contributed by atoms with Crippen LogP contribution in [0.2, 0.25) is 0 Å². The van der Waals surface area contributed by atoms with Gasteiger partial charge in [0.15, 0.2) is 0 Å². The quantitative estimate of drug-likeness (QED) is 0.448. The van der Waals surface area contributed by atoms with Gasteiger partial charge in [-0.2, -0.15) is 0 Å². The molecule has 1 unspecified atom stereocenters. The zero-order chi connectivity index (χ0) is 22.4. The van der Waals surface area contributed by atoms with Gasteiger partial charge in [0.2, 0.25) is 5.72 Å². The Balaban J connectivity index is 1.77. The van der Waals surface area contributed by atoms with Crippen molar-refractivity contribution in [2.45, 2.75) is 31.5 Å². The SMILES string of the molecule is COC(=O)CNCc1cc([N+](=O)[O-])cc2c1OC1(C=C2)N(C)c2ccccc2C1(C)C. The summed E-state index contributed by atoms with van der Waals surface area (Å²) in [4.78, 5) is 24.6. The molecule has 2 aromatic carbocycles. The van der Waals surface area contributed by atoms with E-state index in [9.17, 15) is 14.9 Å². The summed E-state index contributed by atoms with van der Waals surface area (Å²) in [5, 5.41) is 14.4. The van der Waals surface area contributed by atoms with Crippen molar-refractivity contribution in [1.82, 2.24) is 5.32 Å². The highest BCUT2D eigenvalue weighted by Gasteiger charge is 2.57. The lowest BCUT2D eigenvalue weighted by Gasteiger charge is -2.46. The molecular weight excluding hydrogens is 398 g/mol. The van der Waals surface area contributed by atoms with Crippen LogP contribution >= 0.6 is 0 Å². The Hall–Kier alpha value is -3.39. The number of nitrogens with one attached hydrogen (secondary N) is 1. The lowest BCUT2D eigenvalue weighted by molar-refractivity contribution is -0.385. The number of rotatable bonds is 5. The Morgan fingerprint density at radius 2 is 2.03 bits per heavy atom. The molecule has 0 aromatic heterocycles. The average Bonchev–Trinajstić information content (AvgIpc) is 2.92. The number of likely N-dealkylation sites (N-methyl/N-ethyl adjacent to an activating group) is 1. The number of nitro benzene ring substituents is 1. The normalized spacial score (nSPS) is 20.2. The smallest absolute Gasteiger partial charge is 0.319 e. The highest BCUT2D eigenvalue weighted by atomic mass is 16.6. The minimum Gasteiger partial charge on any atom is -0.468 e. The van der Waals surface area contributed by atoms with E-state index in [0.717, 1.165) is 11.3 Å². The summed E-state index contributed by atoms with van der Waals surface area (Å²) in [6, 6.07) is 11.2. The fourth-order valence-electron chi connectivity index (χ4n) is 4.55. The van der Waals surface area contributed by atoms with Crippen LogP contribution < -0.4 is 15.0 Å². The Morgan fingerprint density at radius 1 is 1.29 bits per heavy atom. The summed E-state index contributed by atoms with van der Waals surface area (Å²) in [5.41, 5.74) is 2.28. The molecule has 1 atom stereocenters. The maximum Gasteiger partial charge on any atom is 0.319 e. The molecule has 2 heterocycles. The molecule has 0 fully saturated rings. The summed E-state index contributed by atoms with van der Waals surface area (Å²) in [6.45, 7) is 4.47. The van der Waals surface area contributed by atoms with Gasteiger partial charge in [-0.1, -0.05) is 18.2 Å². The van der Waals surface area contributed by atoms with Crippen molar-refractivity contribution < 1.29 is 19.2 Å². The third kappa shape index (κ3) is 3.14. The number of hydrogen-bond acceptors (Lipinski definition) is 7. The molecule has 31 heavy (non-hydrogen) atoms. The van der Waals surface area contributed by atoms with Crippen LogP contribution in [0.4, 0.5) is 11.4 Å². The van der Waals surface area contributed by atoms with Crippen LogP contribution in [-0.4, -0.2) is 37.3 Å². The Kier molecular flexibility index (Phi) is 4.97. The van der Waals surface area contributed by atoms with Gasteiger partial charge in [0.05, 0.1) is 24.0 Å². The first-order chi connectivity index (χ1) is 14.7. The van der Waals surface area contributed by atoms with Gasteiger partial charge in [-0.25, -0.2) is 0 Å². The second-order valence-electron chi connectivity index (χ2n) is 8.29. The number of non-ortho nitro benzene ring substituents is 1. The number of fused-ring (bicyclic) bond motifs is 2. The minimum absolute atomic E-state index is 0.00815. The molecule has 1 N–H and O–H groups in total. The van der Waals surface area contributed by atoms with Crippen molar-refractivity contribution in [3.8, 4) is 5.75 Å². The third-order valence-corrected chi connectivity index (χ3v) is 6.28. The molecule has 2 aliphatic rings. The summed E-state index contributed by atoms with van der Waals surface area (Å²) < 4.78 is 11.4. The third-order valence-electron chi connectivity index (χ3n) is 6.28. The fraction of sp³-hybridized carbons (Fsp3) is 0.348. The second-order valence-corrected chi connectivity index (χ2v) is 8.29. The van der Waals surface area contributed by atoms with E-state index in [1.807, 2.05) is 31.3 Å². The van der Waals surface area contributed by atoms with Gasteiger partial charge in [-0.3, -0.25) is 14.9 Å². The van der Waals surface area contributed by atoms with Gasteiger partial charge in [-0.05, 0) is 37.6 Å². The first-order valence-electron chi connectivity index (χ1n) is 10.0. The number of nitrogens with zero attached hydrogens (tertiary/aromatic N) is 2. The molecule has 4 rings (SSSR count). The molecule has 2 aliphatic heterocycles. The van der Waals surface area contributed by atoms with Crippen molar-refractivity contribution in [3.05, 3.63) is 69.3 Å². The van der Waals surface area contributed by atoms with Crippen LogP contribution in [0, 0.1) is 10.1 Å². The molecule has 0 saturated carbocycles. The van der Waals surface area contributed by atoms with E-state index in [0.29, 0.717) is 16.9 Å². The zero-order valence-electron chi connectivity index (χ0n) is 18.0. The first-order valence-corrected chi connectivity index (χ1v) is 10.0. The number of anilines is 1. The number of benzene rings is 2. The van der Waals surface area contributed by atoms with Crippen LogP contribution in [0.1, 0.15) is 30.5 Å². The molecule has 0 aliphatic carbocycles. The monoisotopic (exact) mass is 423 g/mol. The highest BCUT2D eigenvalue weighted by Crippen LogP contribution is 2.54. The van der Waals surface area contributed by atoms with E-state index in [2.05, 4.69) is 40.9 Å². The van der Waals surface area contributed by atoms with Crippen LogP contribution in [-0.2, 0) is 21.5 Å². The first kappa shape index (κ1) is 20.9. The molecular formula is C23H25N3O5. The number of ether oxygens (including phenoxy) is 2. The number of hydrogen-bond donors (Lipinski definition) is 1. The van der Waals surface area contributed by atoms with Gasteiger partial charge in [0, 0.05) is 42.5 Å². The second kappa shape index (κ2) is 7.39. The van der Waals surface area contributed by atoms with Gasteiger partial charge in [0.1, 0.15) is 5.75 Å². The summed E-state index contributed by atoms with van der Waals surface area (Å²) >= 11 is 0. The van der Waals surface area contributed by atoms with E-state index in [4.69, 9.17) is 4.74 Å². The lowest BCUT2D eigenvalue weighted by atomic mass is 9.76. The number of carbonyl (C=O) groups excluding carboxylic acids is 1. The average molecular weight is 423 g/mol. The highest BCUT2D eigenvalue weighted by molar-refractivity contribution is 5.74. The topological polar surface area (TPSA) is 93.9 Å². The fourth-order valence-corrected chi connectivity index (χ4v) is 4.55. The van der Waals surface area contributed by atoms with E-state index < -0.39 is 16.6 Å². The Morgan fingerprint density at radius 3 is 2.71 bits per heavy atom. The maximum absolute atomic E-state index is 11.5. The molecule has 162 valence electrons. The summed E-state index contributed by atoms with van der Waals surface area (Å²) in [6.07, 6.45) is 3.87. The van der Waals surface area contributed by atoms with Crippen molar-refractivity contribution in [2.75, 3.05) is 25.6 Å². The Labute approximate surface area is 180 Å².